The van der Waals surface area contributed by atoms with Gasteiger partial charge in [-0.05, 0) is 45.1 Å². The van der Waals surface area contributed by atoms with E-state index in [1.54, 1.807) is 12.1 Å². The molecular weight excluding hydrogens is 230 g/mol. The SMILES string of the molecule is CN1CCC(C(=O)c2cccc(C(N)=O)n2)CC1. The van der Waals surface area contributed by atoms with E-state index in [0.29, 0.717) is 5.69 Å². The second kappa shape index (κ2) is 5.27. The fourth-order valence-electron chi connectivity index (χ4n) is 2.19. The molecule has 1 aliphatic rings. The normalized spacial score (nSPS) is 17.6. The number of hydrogen-bond acceptors (Lipinski definition) is 4. The first kappa shape index (κ1) is 12.7. The predicted molar refractivity (Wildman–Crippen MR) is 67.3 cm³/mol. The number of nitrogens with two attached hydrogens (primary N) is 1. The zero-order valence-corrected chi connectivity index (χ0v) is 10.4. The van der Waals surface area contributed by atoms with Gasteiger partial charge in [-0.3, -0.25) is 9.59 Å². The van der Waals surface area contributed by atoms with Crippen LogP contribution in [0.15, 0.2) is 18.2 Å². The van der Waals surface area contributed by atoms with Crippen molar-refractivity contribution in [3.05, 3.63) is 29.6 Å². The van der Waals surface area contributed by atoms with Gasteiger partial charge in [0, 0.05) is 5.92 Å². The summed E-state index contributed by atoms with van der Waals surface area (Å²) in [6.07, 6.45) is 1.69. The molecule has 18 heavy (non-hydrogen) atoms. The van der Waals surface area contributed by atoms with Gasteiger partial charge in [0.05, 0.1) is 0 Å². The van der Waals surface area contributed by atoms with Crippen molar-refractivity contribution in [3.8, 4) is 0 Å². The van der Waals surface area contributed by atoms with Crippen molar-refractivity contribution in [2.75, 3.05) is 20.1 Å². The molecule has 5 heteroatoms. The Morgan fingerprint density at radius 1 is 1.28 bits per heavy atom. The van der Waals surface area contributed by atoms with E-state index >= 15 is 0 Å². The highest BCUT2D eigenvalue weighted by molar-refractivity contribution is 5.98. The Labute approximate surface area is 106 Å². The first-order valence-corrected chi connectivity index (χ1v) is 6.07. The number of aromatic nitrogens is 1. The van der Waals surface area contributed by atoms with Crippen molar-refractivity contribution in [2.24, 2.45) is 11.7 Å². The summed E-state index contributed by atoms with van der Waals surface area (Å²) in [5.74, 6) is -0.573. The van der Waals surface area contributed by atoms with Crippen LogP contribution in [0.25, 0.3) is 0 Å². The van der Waals surface area contributed by atoms with Gasteiger partial charge in [0.2, 0.25) is 0 Å². The van der Waals surface area contributed by atoms with Crippen LogP contribution in [0.2, 0.25) is 0 Å². The van der Waals surface area contributed by atoms with E-state index in [0.717, 1.165) is 25.9 Å². The number of carbonyl (C=O) groups is 2. The number of ketones is 1. The Kier molecular flexibility index (Phi) is 3.72. The van der Waals surface area contributed by atoms with Crippen molar-refractivity contribution in [1.82, 2.24) is 9.88 Å². The number of carbonyl (C=O) groups excluding carboxylic acids is 2. The Morgan fingerprint density at radius 2 is 1.89 bits per heavy atom. The van der Waals surface area contributed by atoms with Gasteiger partial charge in [0.25, 0.3) is 5.91 Å². The second-order valence-electron chi connectivity index (χ2n) is 4.71. The number of rotatable bonds is 3. The van der Waals surface area contributed by atoms with Gasteiger partial charge >= 0.3 is 0 Å². The fraction of sp³-hybridized carbons (Fsp3) is 0.462. The number of nitrogens with zero attached hydrogens (tertiary/aromatic N) is 2. The zero-order chi connectivity index (χ0) is 13.1. The molecule has 2 heterocycles. The minimum absolute atomic E-state index is 0.0110. The van der Waals surface area contributed by atoms with Crippen LogP contribution in [0.4, 0.5) is 0 Å². The van der Waals surface area contributed by atoms with E-state index in [2.05, 4.69) is 9.88 Å². The highest BCUT2D eigenvalue weighted by Gasteiger charge is 2.25. The van der Waals surface area contributed by atoms with E-state index < -0.39 is 5.91 Å². The Morgan fingerprint density at radius 3 is 2.50 bits per heavy atom. The number of hydrogen-bond donors (Lipinski definition) is 1. The summed E-state index contributed by atoms with van der Waals surface area (Å²) in [5.41, 5.74) is 5.66. The lowest BCUT2D eigenvalue weighted by Crippen LogP contribution is -2.34. The average molecular weight is 247 g/mol. The topological polar surface area (TPSA) is 76.3 Å². The third-order valence-electron chi connectivity index (χ3n) is 3.34. The molecule has 0 aliphatic carbocycles. The zero-order valence-electron chi connectivity index (χ0n) is 10.4. The summed E-state index contributed by atoms with van der Waals surface area (Å²) >= 11 is 0. The van der Waals surface area contributed by atoms with Crippen molar-refractivity contribution >= 4 is 11.7 Å². The maximum absolute atomic E-state index is 12.2. The maximum atomic E-state index is 12.2. The summed E-state index contributed by atoms with van der Waals surface area (Å²) in [6.45, 7) is 1.85. The van der Waals surface area contributed by atoms with Gasteiger partial charge in [-0.25, -0.2) is 4.98 Å². The van der Waals surface area contributed by atoms with Gasteiger partial charge in [0.15, 0.2) is 5.78 Å². The largest absolute Gasteiger partial charge is 0.364 e. The van der Waals surface area contributed by atoms with Crippen LogP contribution >= 0.6 is 0 Å². The molecule has 0 bridgehead atoms. The molecule has 0 atom stereocenters. The average Bonchev–Trinajstić information content (AvgIpc) is 2.39. The van der Waals surface area contributed by atoms with E-state index in [-0.39, 0.29) is 17.4 Å². The molecule has 0 radical (unpaired) electrons. The smallest absolute Gasteiger partial charge is 0.267 e. The molecule has 0 spiro atoms. The van der Waals surface area contributed by atoms with E-state index in [1.807, 2.05) is 7.05 Å². The first-order chi connectivity index (χ1) is 8.58. The molecule has 1 amide bonds. The minimum Gasteiger partial charge on any atom is -0.364 e. The number of amides is 1. The second-order valence-corrected chi connectivity index (χ2v) is 4.71. The molecule has 0 saturated carbocycles. The van der Waals surface area contributed by atoms with Crippen molar-refractivity contribution in [2.45, 2.75) is 12.8 Å². The van der Waals surface area contributed by atoms with Gasteiger partial charge in [-0.1, -0.05) is 6.07 Å². The van der Waals surface area contributed by atoms with Gasteiger partial charge < -0.3 is 10.6 Å². The molecule has 1 saturated heterocycles. The summed E-state index contributed by atoms with van der Waals surface area (Å²) < 4.78 is 0. The minimum atomic E-state index is -0.604. The van der Waals surface area contributed by atoms with Crippen molar-refractivity contribution in [1.29, 1.82) is 0 Å². The van der Waals surface area contributed by atoms with Gasteiger partial charge in [-0.15, -0.1) is 0 Å². The number of Topliss-reactive ketones (excluding diaryl/α,β-unsaturated/α-hetero) is 1. The Balaban J connectivity index is 2.13. The third kappa shape index (κ3) is 2.73. The molecule has 2 rings (SSSR count). The summed E-state index contributed by atoms with van der Waals surface area (Å²) in [4.78, 5) is 29.5. The van der Waals surface area contributed by atoms with E-state index in [1.165, 1.54) is 6.07 Å². The molecule has 96 valence electrons. The lowest BCUT2D eigenvalue weighted by atomic mass is 9.91. The standard InChI is InChI=1S/C13H17N3O2/c1-16-7-5-9(6-8-16)12(17)10-3-2-4-11(15-10)13(14)18/h2-4,9H,5-8H2,1H3,(H2,14,18). The van der Waals surface area contributed by atoms with Crippen LogP contribution in [-0.2, 0) is 0 Å². The summed E-state index contributed by atoms with van der Waals surface area (Å²) in [7, 11) is 2.05. The van der Waals surface area contributed by atoms with Crippen LogP contribution in [-0.4, -0.2) is 41.7 Å². The molecule has 1 aromatic heterocycles. The van der Waals surface area contributed by atoms with Crippen LogP contribution in [0.5, 0.6) is 0 Å². The Hall–Kier alpha value is -1.75. The van der Waals surface area contributed by atoms with E-state index in [4.69, 9.17) is 5.73 Å². The fourth-order valence-corrected chi connectivity index (χ4v) is 2.19. The maximum Gasteiger partial charge on any atom is 0.267 e. The number of likely N-dealkylation sites (tertiary alicyclic amines) is 1. The predicted octanol–water partition coefficient (Wildman–Crippen LogP) is 0.705. The van der Waals surface area contributed by atoms with E-state index in [9.17, 15) is 9.59 Å². The number of pyridine rings is 1. The van der Waals surface area contributed by atoms with Crippen molar-refractivity contribution < 1.29 is 9.59 Å². The molecule has 5 nitrogen and oxygen atoms in total. The first-order valence-electron chi connectivity index (χ1n) is 6.07. The third-order valence-corrected chi connectivity index (χ3v) is 3.34. The number of piperidine rings is 1. The van der Waals surface area contributed by atoms with Crippen LogP contribution in [0, 0.1) is 5.92 Å². The van der Waals surface area contributed by atoms with Gasteiger partial charge in [0.1, 0.15) is 11.4 Å². The molecule has 0 aromatic carbocycles. The van der Waals surface area contributed by atoms with Crippen LogP contribution < -0.4 is 5.73 Å². The number of primary amides is 1. The molecule has 2 N–H and O–H groups in total. The lowest BCUT2D eigenvalue weighted by Gasteiger charge is -2.27. The molecule has 1 aliphatic heterocycles. The van der Waals surface area contributed by atoms with Crippen LogP contribution in [0.3, 0.4) is 0 Å². The molecule has 0 unspecified atom stereocenters. The summed E-state index contributed by atoms with van der Waals surface area (Å²) in [6, 6.07) is 4.82. The van der Waals surface area contributed by atoms with Crippen molar-refractivity contribution in [3.63, 3.8) is 0 Å². The molecule has 1 fully saturated rings. The lowest BCUT2D eigenvalue weighted by molar-refractivity contribution is 0.0851. The quantitative estimate of drug-likeness (QED) is 0.798. The highest BCUT2D eigenvalue weighted by atomic mass is 16.1. The van der Waals surface area contributed by atoms with Crippen LogP contribution in [0.1, 0.15) is 33.8 Å². The molecule has 1 aromatic rings. The van der Waals surface area contributed by atoms with Gasteiger partial charge in [-0.2, -0.15) is 0 Å². The monoisotopic (exact) mass is 247 g/mol. The summed E-state index contributed by atoms with van der Waals surface area (Å²) in [5, 5.41) is 0. The Bertz CT molecular complexity index is 465. The highest BCUT2D eigenvalue weighted by Crippen LogP contribution is 2.20. The molecular formula is C13H17N3O2.